The fraction of sp³-hybridized carbons (Fsp3) is 0.536. The number of carbonyl (C=O) groups is 1. The van der Waals surface area contributed by atoms with Crippen LogP contribution in [0.2, 0.25) is 0 Å². The van der Waals surface area contributed by atoms with Gasteiger partial charge in [-0.25, -0.2) is 0 Å². The van der Waals surface area contributed by atoms with Crippen molar-refractivity contribution in [1.29, 1.82) is 0 Å². The van der Waals surface area contributed by atoms with Gasteiger partial charge >= 0.3 is 12.1 Å². The maximum Gasteiger partial charge on any atom is 0.406 e. The van der Waals surface area contributed by atoms with E-state index in [4.69, 9.17) is 14.2 Å². The number of benzene rings is 2. The van der Waals surface area contributed by atoms with Crippen molar-refractivity contribution < 1.29 is 32.2 Å². The van der Waals surface area contributed by atoms with Crippen LogP contribution in [0.1, 0.15) is 55.3 Å². The Kier molecular flexibility index (Phi) is 7.83. The molecule has 0 N–H and O–H groups in total. The van der Waals surface area contributed by atoms with Crippen molar-refractivity contribution in [1.82, 2.24) is 4.90 Å². The van der Waals surface area contributed by atoms with Crippen LogP contribution < -0.4 is 9.47 Å². The summed E-state index contributed by atoms with van der Waals surface area (Å²) in [6.45, 7) is 5.65. The minimum atomic E-state index is -4.74. The fourth-order valence-electron chi connectivity index (χ4n) is 5.70. The van der Waals surface area contributed by atoms with Gasteiger partial charge in [0.2, 0.25) is 0 Å². The number of nitrogens with zero attached hydrogens (tertiary/aromatic N) is 1. The van der Waals surface area contributed by atoms with Gasteiger partial charge in [-0.2, -0.15) is 13.2 Å². The van der Waals surface area contributed by atoms with Crippen molar-refractivity contribution >= 4 is 5.97 Å². The van der Waals surface area contributed by atoms with Crippen LogP contribution in [0.3, 0.4) is 0 Å². The Labute approximate surface area is 210 Å². The second-order valence-corrected chi connectivity index (χ2v) is 10.2. The van der Waals surface area contributed by atoms with E-state index >= 15 is 0 Å². The number of hydrogen-bond donors (Lipinski definition) is 0. The number of ether oxygens (including phenoxy) is 3. The van der Waals surface area contributed by atoms with E-state index in [1.807, 2.05) is 12.1 Å². The lowest BCUT2D eigenvalue weighted by atomic mass is 9.79. The molecule has 4 atom stereocenters. The fourth-order valence-corrected chi connectivity index (χ4v) is 5.70. The molecule has 0 amide bonds. The van der Waals surface area contributed by atoms with E-state index in [0.29, 0.717) is 30.4 Å². The highest BCUT2D eigenvalue weighted by Gasteiger charge is 2.49. The molecule has 0 aliphatic carbocycles. The SMILES string of the molecule is COc1cc2c(cc1OC)C1CC(OC(=O)C(c3ccccc3)C(F)(F)F)C(CC(C)C)CN1CC2. The van der Waals surface area contributed by atoms with Crippen molar-refractivity contribution in [2.24, 2.45) is 11.8 Å². The maximum absolute atomic E-state index is 14.0. The number of methoxy groups -OCH3 is 2. The van der Waals surface area contributed by atoms with Crippen LogP contribution in [0.5, 0.6) is 11.5 Å². The van der Waals surface area contributed by atoms with Crippen LogP contribution in [0.4, 0.5) is 13.2 Å². The van der Waals surface area contributed by atoms with Crippen molar-refractivity contribution in [3.8, 4) is 11.5 Å². The third-order valence-corrected chi connectivity index (χ3v) is 7.30. The Balaban J connectivity index is 1.64. The number of rotatable bonds is 7. The van der Waals surface area contributed by atoms with E-state index in [2.05, 4.69) is 18.7 Å². The Morgan fingerprint density at radius 3 is 2.36 bits per heavy atom. The molecular weight excluding hydrogens is 471 g/mol. The molecule has 0 saturated carbocycles. The minimum Gasteiger partial charge on any atom is -0.493 e. The molecule has 4 rings (SSSR count). The van der Waals surface area contributed by atoms with E-state index in [1.54, 1.807) is 20.3 Å². The van der Waals surface area contributed by atoms with Gasteiger partial charge in [0.1, 0.15) is 6.10 Å². The molecule has 0 spiro atoms. The first-order valence-corrected chi connectivity index (χ1v) is 12.4. The lowest BCUT2D eigenvalue weighted by Crippen LogP contribution is -2.50. The molecule has 2 aromatic carbocycles. The molecule has 4 unspecified atom stereocenters. The Morgan fingerprint density at radius 2 is 1.75 bits per heavy atom. The van der Waals surface area contributed by atoms with Gasteiger partial charge in [0.05, 0.1) is 14.2 Å². The molecule has 8 heteroatoms. The Morgan fingerprint density at radius 1 is 1.08 bits per heavy atom. The van der Waals surface area contributed by atoms with E-state index in [1.165, 1.54) is 24.3 Å². The molecule has 1 saturated heterocycles. The zero-order valence-electron chi connectivity index (χ0n) is 21.2. The van der Waals surface area contributed by atoms with E-state index in [0.717, 1.165) is 30.5 Å². The maximum atomic E-state index is 14.0. The van der Waals surface area contributed by atoms with Gasteiger partial charge in [0.15, 0.2) is 17.4 Å². The van der Waals surface area contributed by atoms with Gasteiger partial charge in [-0.3, -0.25) is 9.69 Å². The number of carbonyl (C=O) groups excluding carboxylic acids is 1. The third kappa shape index (κ3) is 5.48. The second-order valence-electron chi connectivity index (χ2n) is 10.2. The molecule has 2 aromatic rings. The van der Waals surface area contributed by atoms with Crippen molar-refractivity contribution in [3.63, 3.8) is 0 Å². The van der Waals surface area contributed by atoms with Crippen LogP contribution in [0.25, 0.3) is 0 Å². The van der Waals surface area contributed by atoms with Crippen LogP contribution in [0.15, 0.2) is 42.5 Å². The van der Waals surface area contributed by atoms with Gasteiger partial charge < -0.3 is 14.2 Å². The quantitative estimate of drug-likeness (QED) is 0.437. The molecule has 1 fully saturated rings. The molecule has 2 aliphatic rings. The van der Waals surface area contributed by atoms with Gasteiger partial charge in [0.25, 0.3) is 0 Å². The zero-order chi connectivity index (χ0) is 26.0. The predicted molar refractivity (Wildman–Crippen MR) is 130 cm³/mol. The second kappa shape index (κ2) is 10.7. The summed E-state index contributed by atoms with van der Waals surface area (Å²) in [6, 6.07) is 11.1. The van der Waals surface area contributed by atoms with E-state index in [-0.39, 0.29) is 17.5 Å². The Bertz CT molecular complexity index is 1060. The smallest absolute Gasteiger partial charge is 0.406 e. The highest BCUT2D eigenvalue weighted by Crippen LogP contribution is 2.45. The number of halogens is 3. The minimum absolute atomic E-state index is 0.0449. The molecular formula is C28H34F3NO4. The molecule has 36 heavy (non-hydrogen) atoms. The molecule has 5 nitrogen and oxygen atoms in total. The summed E-state index contributed by atoms with van der Waals surface area (Å²) < 4.78 is 58.8. The summed E-state index contributed by atoms with van der Waals surface area (Å²) in [6.07, 6.45) is -3.32. The zero-order valence-corrected chi connectivity index (χ0v) is 21.2. The molecule has 0 bridgehead atoms. The van der Waals surface area contributed by atoms with Crippen molar-refractivity contribution in [2.75, 3.05) is 27.3 Å². The first-order chi connectivity index (χ1) is 17.1. The number of hydrogen-bond acceptors (Lipinski definition) is 5. The largest absolute Gasteiger partial charge is 0.493 e. The lowest BCUT2D eigenvalue weighted by molar-refractivity contribution is -0.190. The lowest BCUT2D eigenvalue weighted by Gasteiger charge is -2.47. The summed E-state index contributed by atoms with van der Waals surface area (Å²) in [5.41, 5.74) is 2.07. The van der Waals surface area contributed by atoms with Gasteiger partial charge in [-0.05, 0) is 47.6 Å². The molecule has 2 aliphatic heterocycles. The summed E-state index contributed by atoms with van der Waals surface area (Å²) >= 11 is 0. The molecule has 0 radical (unpaired) electrons. The molecule has 0 aromatic heterocycles. The first kappa shape index (κ1) is 26.3. The van der Waals surface area contributed by atoms with Gasteiger partial charge in [0, 0.05) is 31.5 Å². The number of alkyl halides is 3. The summed E-state index contributed by atoms with van der Waals surface area (Å²) in [5.74, 6) is -2.00. The molecule has 196 valence electrons. The van der Waals surface area contributed by atoms with Crippen LogP contribution >= 0.6 is 0 Å². The number of esters is 1. The highest BCUT2D eigenvalue weighted by molar-refractivity contribution is 5.79. The van der Waals surface area contributed by atoms with Crippen molar-refractivity contribution in [3.05, 3.63) is 59.2 Å². The van der Waals surface area contributed by atoms with Crippen LogP contribution in [-0.2, 0) is 16.0 Å². The van der Waals surface area contributed by atoms with E-state index in [9.17, 15) is 18.0 Å². The van der Waals surface area contributed by atoms with Gasteiger partial charge in [-0.15, -0.1) is 0 Å². The van der Waals surface area contributed by atoms with E-state index < -0.39 is 24.2 Å². The Hall–Kier alpha value is -2.74. The van der Waals surface area contributed by atoms with Gasteiger partial charge in [-0.1, -0.05) is 44.2 Å². The molecule has 2 heterocycles. The summed E-state index contributed by atoms with van der Waals surface area (Å²) in [5, 5.41) is 0. The highest BCUT2D eigenvalue weighted by atomic mass is 19.4. The van der Waals surface area contributed by atoms with Crippen LogP contribution in [-0.4, -0.2) is 50.5 Å². The number of piperidine rings is 1. The normalized spacial score (nSPS) is 22.9. The average molecular weight is 506 g/mol. The summed E-state index contributed by atoms with van der Waals surface area (Å²) in [4.78, 5) is 15.5. The third-order valence-electron chi connectivity index (χ3n) is 7.30. The topological polar surface area (TPSA) is 48.0 Å². The number of fused-ring (bicyclic) bond motifs is 3. The van der Waals surface area contributed by atoms with Crippen LogP contribution in [0, 0.1) is 11.8 Å². The average Bonchev–Trinajstić information content (AvgIpc) is 2.83. The summed E-state index contributed by atoms with van der Waals surface area (Å²) in [7, 11) is 3.17. The van der Waals surface area contributed by atoms with Crippen molar-refractivity contribution in [2.45, 2.75) is 57.3 Å². The monoisotopic (exact) mass is 505 g/mol. The predicted octanol–water partition coefficient (Wildman–Crippen LogP) is 5.93. The first-order valence-electron chi connectivity index (χ1n) is 12.4. The standard InChI is InChI=1S/C28H34F3NO4/c1-17(2)12-20-16-32-11-10-19-13-24(34-3)25(35-4)14-21(19)22(32)15-23(20)36-27(33)26(28(29,30)31)18-8-6-5-7-9-18/h5-9,13-14,17,20,22-23,26H,10-12,15-16H2,1-4H3.